The van der Waals surface area contributed by atoms with Crippen molar-refractivity contribution in [1.82, 2.24) is 4.57 Å². The predicted octanol–water partition coefficient (Wildman–Crippen LogP) is 13.7. The Morgan fingerprint density at radius 1 is 0.333 bits per heavy atom. The molecule has 0 amide bonds. The molecule has 1 aliphatic carbocycles. The summed E-state index contributed by atoms with van der Waals surface area (Å²) in [6.07, 6.45) is 0. The van der Waals surface area contributed by atoms with E-state index in [-0.39, 0.29) is 0 Å². The maximum Gasteiger partial charge on any atom is 0.0713 e. The summed E-state index contributed by atoms with van der Waals surface area (Å²) < 4.78 is 2.46. The first-order valence-electron chi connectivity index (χ1n) is 18.8. The Labute approximate surface area is 313 Å². The number of rotatable bonds is 4. The van der Waals surface area contributed by atoms with E-state index < -0.39 is 5.41 Å². The van der Waals surface area contributed by atoms with Crippen LogP contribution in [0.15, 0.2) is 200 Å². The van der Waals surface area contributed by atoms with Gasteiger partial charge in [-0.2, -0.15) is 0 Å². The van der Waals surface area contributed by atoms with E-state index in [1.54, 1.807) is 0 Å². The predicted molar refractivity (Wildman–Crippen MR) is 227 cm³/mol. The molecule has 1 aliphatic rings. The van der Waals surface area contributed by atoms with Gasteiger partial charge in [0.05, 0.1) is 16.4 Å². The van der Waals surface area contributed by atoms with Gasteiger partial charge in [-0.05, 0) is 107 Å². The molecule has 0 saturated heterocycles. The van der Waals surface area contributed by atoms with Crippen molar-refractivity contribution in [2.24, 2.45) is 0 Å². The molecule has 54 heavy (non-hydrogen) atoms. The van der Waals surface area contributed by atoms with Gasteiger partial charge in [-0.15, -0.1) is 0 Å². The Morgan fingerprint density at radius 3 is 1.72 bits per heavy atom. The van der Waals surface area contributed by atoms with E-state index in [1.165, 1.54) is 98.6 Å². The summed E-state index contributed by atoms with van der Waals surface area (Å²) in [5.74, 6) is 0. The van der Waals surface area contributed by atoms with Crippen LogP contribution in [0.5, 0.6) is 0 Å². The second-order valence-corrected chi connectivity index (χ2v) is 14.8. The van der Waals surface area contributed by atoms with Gasteiger partial charge >= 0.3 is 0 Å². The van der Waals surface area contributed by atoms with Gasteiger partial charge in [-0.3, -0.25) is 0 Å². The lowest BCUT2D eigenvalue weighted by molar-refractivity contribution is 0.769. The van der Waals surface area contributed by atoms with Crippen molar-refractivity contribution in [2.45, 2.75) is 5.41 Å². The van der Waals surface area contributed by atoms with Crippen LogP contribution < -0.4 is 0 Å². The van der Waals surface area contributed by atoms with Crippen LogP contribution in [0.2, 0.25) is 0 Å². The Kier molecular flexibility index (Phi) is 6.04. The van der Waals surface area contributed by atoms with Crippen molar-refractivity contribution in [3.05, 3.63) is 222 Å². The van der Waals surface area contributed by atoms with Gasteiger partial charge in [0, 0.05) is 16.5 Å². The Morgan fingerprint density at radius 2 is 0.963 bits per heavy atom. The second kappa shape index (κ2) is 11.0. The lowest BCUT2D eigenvalue weighted by Crippen LogP contribution is -2.28. The average Bonchev–Trinajstić information content (AvgIpc) is 3.72. The molecule has 0 aliphatic heterocycles. The van der Waals surface area contributed by atoms with Gasteiger partial charge < -0.3 is 4.57 Å². The fraction of sp³-hybridized carbons (Fsp3) is 0.0189. The molecule has 1 heterocycles. The van der Waals surface area contributed by atoms with E-state index in [2.05, 4.69) is 205 Å². The van der Waals surface area contributed by atoms with Crippen LogP contribution in [0.25, 0.3) is 82.1 Å². The Bertz CT molecular complexity index is 3190. The van der Waals surface area contributed by atoms with Gasteiger partial charge in [-0.1, -0.05) is 170 Å². The lowest BCUT2D eigenvalue weighted by atomic mass is 9.67. The number of benzene rings is 10. The number of para-hydroxylation sites is 1. The first-order chi connectivity index (χ1) is 26.8. The highest BCUT2D eigenvalue weighted by atomic mass is 15.0. The van der Waals surface area contributed by atoms with Crippen molar-refractivity contribution in [2.75, 3.05) is 0 Å². The molecule has 11 aromatic rings. The molecule has 0 spiro atoms. The summed E-state index contributed by atoms with van der Waals surface area (Å²) in [5.41, 5.74) is 13.5. The zero-order chi connectivity index (χ0) is 35.4. The SMILES string of the molecule is c1ccc(C2(c3ccccc3)c3ccccc3-c3cc4c(cc32)c2ccccc2n4-c2ccc(-c3ccc4ccc5cccc6ccc3c4c56)cc2)cc1. The highest BCUT2D eigenvalue weighted by molar-refractivity contribution is 6.25. The quantitative estimate of drug-likeness (QED) is 0.163. The first kappa shape index (κ1) is 29.6. The molecule has 10 aromatic carbocycles. The molecule has 1 heteroatoms. The monoisotopic (exact) mass is 683 g/mol. The molecule has 0 radical (unpaired) electrons. The zero-order valence-corrected chi connectivity index (χ0v) is 29.5. The number of hydrogen-bond donors (Lipinski definition) is 0. The van der Waals surface area contributed by atoms with Gasteiger partial charge in [-0.25, -0.2) is 0 Å². The van der Waals surface area contributed by atoms with Crippen molar-refractivity contribution < 1.29 is 0 Å². The highest BCUT2D eigenvalue weighted by Crippen LogP contribution is 2.57. The number of hydrogen-bond acceptors (Lipinski definition) is 0. The van der Waals surface area contributed by atoms with E-state index >= 15 is 0 Å². The maximum atomic E-state index is 2.50. The standard InChI is InChI=1S/C53H33N/c1-3-14-38(15-4-1)53(39-16-5-2-6-17-39)47-20-9-7-18-42(47)45-33-50-46(32-48(45)53)43-19-8-10-21-49(43)54(50)40-28-24-34(25-29-40)41-30-26-37-23-22-35-12-11-13-36-27-31-44(41)52(37)51(35)36/h1-33H. The second-order valence-electron chi connectivity index (χ2n) is 14.8. The molecule has 1 nitrogen and oxygen atoms in total. The topological polar surface area (TPSA) is 4.93 Å². The van der Waals surface area contributed by atoms with E-state index in [4.69, 9.17) is 0 Å². The Hall–Kier alpha value is -6.96. The molecule has 1 aromatic heterocycles. The van der Waals surface area contributed by atoms with Gasteiger partial charge in [0.15, 0.2) is 0 Å². The lowest BCUT2D eigenvalue weighted by Gasteiger charge is -2.33. The molecule has 250 valence electrons. The van der Waals surface area contributed by atoms with Crippen molar-refractivity contribution in [3.63, 3.8) is 0 Å². The minimum absolute atomic E-state index is 0.436. The fourth-order valence-corrected chi connectivity index (χ4v) is 9.96. The van der Waals surface area contributed by atoms with Gasteiger partial charge in [0.1, 0.15) is 0 Å². The van der Waals surface area contributed by atoms with E-state index in [1.807, 2.05) is 0 Å². The van der Waals surface area contributed by atoms with Crippen molar-refractivity contribution in [1.29, 1.82) is 0 Å². The molecular weight excluding hydrogens is 651 g/mol. The van der Waals surface area contributed by atoms with Crippen LogP contribution in [0.4, 0.5) is 0 Å². The minimum atomic E-state index is -0.436. The number of fused-ring (bicyclic) bond motifs is 6. The smallest absolute Gasteiger partial charge is 0.0713 e. The molecule has 0 atom stereocenters. The molecule has 0 unspecified atom stereocenters. The average molecular weight is 684 g/mol. The molecule has 0 fully saturated rings. The molecule has 12 rings (SSSR count). The number of aromatic nitrogens is 1. The first-order valence-corrected chi connectivity index (χ1v) is 18.8. The van der Waals surface area contributed by atoms with Crippen LogP contribution in [0.1, 0.15) is 22.3 Å². The fourth-order valence-electron chi connectivity index (χ4n) is 9.96. The summed E-state index contributed by atoms with van der Waals surface area (Å²) in [6.45, 7) is 0. The normalized spacial score (nSPS) is 13.3. The highest BCUT2D eigenvalue weighted by Gasteiger charge is 2.46. The summed E-state index contributed by atoms with van der Waals surface area (Å²) in [7, 11) is 0. The summed E-state index contributed by atoms with van der Waals surface area (Å²) in [5, 5.41) is 10.4. The zero-order valence-electron chi connectivity index (χ0n) is 29.5. The molecule has 0 N–H and O–H groups in total. The molecule has 0 bridgehead atoms. The third-order valence-corrected chi connectivity index (χ3v) is 12.2. The van der Waals surface area contributed by atoms with E-state index in [9.17, 15) is 0 Å². The van der Waals surface area contributed by atoms with Crippen molar-refractivity contribution in [3.8, 4) is 27.9 Å². The van der Waals surface area contributed by atoms with Crippen LogP contribution in [-0.2, 0) is 5.41 Å². The third-order valence-electron chi connectivity index (χ3n) is 12.2. The van der Waals surface area contributed by atoms with E-state index in [0.29, 0.717) is 0 Å². The van der Waals surface area contributed by atoms with Gasteiger partial charge in [0.2, 0.25) is 0 Å². The largest absolute Gasteiger partial charge is 0.309 e. The maximum absolute atomic E-state index is 2.50. The number of nitrogens with zero attached hydrogens (tertiary/aromatic N) is 1. The Balaban J connectivity index is 1.09. The molecular formula is C53H33N. The van der Waals surface area contributed by atoms with E-state index in [0.717, 1.165) is 5.69 Å². The minimum Gasteiger partial charge on any atom is -0.309 e. The van der Waals surface area contributed by atoms with Crippen LogP contribution in [0.3, 0.4) is 0 Å². The third kappa shape index (κ3) is 3.88. The van der Waals surface area contributed by atoms with Crippen LogP contribution in [-0.4, -0.2) is 4.57 Å². The summed E-state index contributed by atoms with van der Waals surface area (Å²) in [6, 6.07) is 74.6. The summed E-state index contributed by atoms with van der Waals surface area (Å²) in [4.78, 5) is 0. The van der Waals surface area contributed by atoms with Crippen molar-refractivity contribution >= 4 is 54.1 Å². The van der Waals surface area contributed by atoms with Gasteiger partial charge in [0.25, 0.3) is 0 Å². The van der Waals surface area contributed by atoms with Crippen LogP contribution in [0, 0.1) is 0 Å². The van der Waals surface area contributed by atoms with Crippen LogP contribution >= 0.6 is 0 Å². The summed E-state index contributed by atoms with van der Waals surface area (Å²) >= 11 is 0. The molecule has 0 saturated carbocycles.